The van der Waals surface area contributed by atoms with Crippen LogP contribution in [0.1, 0.15) is 33.9 Å². The first-order valence-corrected chi connectivity index (χ1v) is 8.21. The van der Waals surface area contributed by atoms with Crippen LogP contribution in [0.25, 0.3) is 0 Å². The summed E-state index contributed by atoms with van der Waals surface area (Å²) >= 11 is 1.70. The van der Waals surface area contributed by atoms with Gasteiger partial charge in [0.1, 0.15) is 5.69 Å². The van der Waals surface area contributed by atoms with E-state index in [1.54, 1.807) is 17.5 Å². The van der Waals surface area contributed by atoms with Crippen LogP contribution in [-0.4, -0.2) is 33.9 Å². The van der Waals surface area contributed by atoms with Gasteiger partial charge in [0.15, 0.2) is 0 Å². The third-order valence-corrected chi connectivity index (χ3v) is 4.77. The molecule has 0 N–H and O–H groups in total. The Bertz CT molecular complexity index is 612. The van der Waals surface area contributed by atoms with Crippen LogP contribution in [0.4, 0.5) is 0 Å². The Morgan fingerprint density at radius 3 is 3.10 bits per heavy atom. The van der Waals surface area contributed by atoms with Gasteiger partial charge < -0.3 is 4.90 Å². The molecule has 0 bridgehead atoms. The normalized spacial score (nSPS) is 18.7. The highest BCUT2D eigenvalue weighted by atomic mass is 32.1. The number of hydrogen-bond acceptors (Lipinski definition) is 4. The summed E-state index contributed by atoms with van der Waals surface area (Å²) in [6, 6.07) is 3.81. The molecule has 3 heterocycles. The lowest BCUT2D eigenvalue weighted by atomic mass is 9.94. The summed E-state index contributed by atoms with van der Waals surface area (Å²) in [5, 5.41) is 3.18. The fraction of sp³-hybridized carbons (Fsp3) is 0.438. The van der Waals surface area contributed by atoms with Crippen LogP contribution in [0.15, 0.2) is 29.9 Å². The van der Waals surface area contributed by atoms with Crippen molar-refractivity contribution in [3.63, 3.8) is 0 Å². The van der Waals surface area contributed by atoms with E-state index in [0.29, 0.717) is 11.6 Å². The van der Waals surface area contributed by atoms with E-state index in [-0.39, 0.29) is 5.91 Å². The molecule has 2 aromatic rings. The number of aromatic nitrogens is 2. The van der Waals surface area contributed by atoms with Gasteiger partial charge in [-0.25, -0.2) is 4.98 Å². The van der Waals surface area contributed by atoms with E-state index in [9.17, 15) is 4.79 Å². The number of piperidine rings is 1. The molecule has 0 saturated carbocycles. The largest absolute Gasteiger partial charge is 0.337 e. The number of carbonyl (C=O) groups is 1. The van der Waals surface area contributed by atoms with Gasteiger partial charge in [0.2, 0.25) is 0 Å². The van der Waals surface area contributed by atoms with Crippen molar-refractivity contribution in [2.45, 2.75) is 26.2 Å². The number of aryl methyl sites for hydroxylation is 1. The van der Waals surface area contributed by atoms with Crippen molar-refractivity contribution in [2.75, 3.05) is 13.1 Å². The molecule has 21 heavy (non-hydrogen) atoms. The number of amides is 1. The number of pyridine rings is 1. The molecule has 110 valence electrons. The Labute approximate surface area is 128 Å². The van der Waals surface area contributed by atoms with Gasteiger partial charge in [-0.2, -0.15) is 0 Å². The topological polar surface area (TPSA) is 46.1 Å². The Kier molecular flexibility index (Phi) is 4.29. The fourth-order valence-electron chi connectivity index (χ4n) is 2.88. The molecule has 1 aliphatic rings. The molecular weight excluding hydrogens is 282 g/mol. The van der Waals surface area contributed by atoms with Crippen molar-refractivity contribution in [2.24, 2.45) is 5.92 Å². The standard InChI is InChI=1S/C16H19N3OS/c1-12-4-2-6-18-15(12)16(20)19-8-3-5-13(11-19)10-14-17-7-9-21-14/h2,4,6-7,9,13H,3,5,8,10-11H2,1H3/t13-/m1/s1. The molecular formula is C16H19N3OS. The van der Waals surface area contributed by atoms with Gasteiger partial charge in [0, 0.05) is 37.3 Å². The monoisotopic (exact) mass is 301 g/mol. The zero-order chi connectivity index (χ0) is 14.7. The Morgan fingerprint density at radius 1 is 1.43 bits per heavy atom. The van der Waals surface area contributed by atoms with E-state index < -0.39 is 0 Å². The summed E-state index contributed by atoms with van der Waals surface area (Å²) in [4.78, 5) is 23.2. The van der Waals surface area contributed by atoms with Gasteiger partial charge in [0.25, 0.3) is 5.91 Å². The summed E-state index contributed by atoms with van der Waals surface area (Å²) in [7, 11) is 0. The molecule has 0 radical (unpaired) electrons. The molecule has 0 aliphatic carbocycles. The van der Waals surface area contributed by atoms with E-state index >= 15 is 0 Å². The molecule has 1 amide bonds. The summed E-state index contributed by atoms with van der Waals surface area (Å²) in [6.45, 7) is 3.59. The maximum atomic E-state index is 12.6. The minimum Gasteiger partial charge on any atom is -0.337 e. The first-order chi connectivity index (χ1) is 10.2. The maximum Gasteiger partial charge on any atom is 0.272 e. The highest BCUT2D eigenvalue weighted by Crippen LogP contribution is 2.23. The van der Waals surface area contributed by atoms with Crippen LogP contribution in [0, 0.1) is 12.8 Å². The van der Waals surface area contributed by atoms with Crippen molar-refractivity contribution in [1.29, 1.82) is 0 Å². The van der Waals surface area contributed by atoms with Crippen LogP contribution >= 0.6 is 11.3 Å². The Morgan fingerprint density at radius 2 is 2.33 bits per heavy atom. The maximum absolute atomic E-state index is 12.6. The second-order valence-electron chi connectivity index (χ2n) is 5.56. The van der Waals surface area contributed by atoms with Gasteiger partial charge in [-0.05, 0) is 37.3 Å². The highest BCUT2D eigenvalue weighted by molar-refractivity contribution is 7.09. The van der Waals surface area contributed by atoms with Gasteiger partial charge in [-0.3, -0.25) is 9.78 Å². The Balaban J connectivity index is 1.68. The summed E-state index contributed by atoms with van der Waals surface area (Å²) in [5.74, 6) is 0.579. The summed E-state index contributed by atoms with van der Waals surface area (Å²) in [5.41, 5.74) is 1.54. The average molecular weight is 301 g/mol. The van der Waals surface area contributed by atoms with Gasteiger partial charge in [0.05, 0.1) is 5.01 Å². The van der Waals surface area contributed by atoms with Gasteiger partial charge >= 0.3 is 0 Å². The van der Waals surface area contributed by atoms with Crippen molar-refractivity contribution >= 4 is 17.2 Å². The molecule has 4 nitrogen and oxygen atoms in total. The van der Waals surface area contributed by atoms with Gasteiger partial charge in [-0.1, -0.05) is 6.07 Å². The Hall–Kier alpha value is -1.75. The van der Waals surface area contributed by atoms with E-state index in [2.05, 4.69) is 9.97 Å². The van der Waals surface area contributed by atoms with Crippen LogP contribution in [-0.2, 0) is 6.42 Å². The minimum atomic E-state index is 0.0666. The molecule has 1 saturated heterocycles. The van der Waals surface area contributed by atoms with E-state index in [4.69, 9.17) is 0 Å². The van der Waals surface area contributed by atoms with E-state index in [0.717, 1.165) is 31.5 Å². The second-order valence-corrected chi connectivity index (χ2v) is 6.54. The molecule has 2 aromatic heterocycles. The third kappa shape index (κ3) is 3.29. The molecule has 1 aliphatic heterocycles. The minimum absolute atomic E-state index is 0.0666. The quantitative estimate of drug-likeness (QED) is 0.875. The average Bonchev–Trinajstić information content (AvgIpc) is 3.00. The summed E-state index contributed by atoms with van der Waals surface area (Å²) in [6.07, 6.45) is 6.75. The first-order valence-electron chi connectivity index (χ1n) is 7.33. The predicted octanol–water partition coefficient (Wildman–Crippen LogP) is 2.94. The number of likely N-dealkylation sites (tertiary alicyclic amines) is 1. The molecule has 3 rings (SSSR count). The fourth-order valence-corrected chi connectivity index (χ4v) is 3.61. The van der Waals surface area contributed by atoms with Crippen molar-refractivity contribution < 1.29 is 4.79 Å². The van der Waals surface area contributed by atoms with Crippen LogP contribution < -0.4 is 0 Å². The molecule has 0 unspecified atom stereocenters. The third-order valence-electron chi connectivity index (χ3n) is 3.96. The summed E-state index contributed by atoms with van der Waals surface area (Å²) < 4.78 is 0. The molecule has 1 atom stereocenters. The zero-order valence-corrected chi connectivity index (χ0v) is 13.0. The lowest BCUT2D eigenvalue weighted by Gasteiger charge is -2.32. The predicted molar refractivity (Wildman–Crippen MR) is 83.4 cm³/mol. The van der Waals surface area contributed by atoms with Crippen LogP contribution in [0.2, 0.25) is 0 Å². The van der Waals surface area contributed by atoms with Crippen molar-refractivity contribution in [1.82, 2.24) is 14.9 Å². The lowest BCUT2D eigenvalue weighted by Crippen LogP contribution is -2.41. The number of rotatable bonds is 3. The van der Waals surface area contributed by atoms with Crippen LogP contribution in [0.5, 0.6) is 0 Å². The van der Waals surface area contributed by atoms with Crippen molar-refractivity contribution in [3.8, 4) is 0 Å². The van der Waals surface area contributed by atoms with Crippen molar-refractivity contribution in [3.05, 3.63) is 46.2 Å². The smallest absolute Gasteiger partial charge is 0.272 e. The molecule has 1 fully saturated rings. The SMILES string of the molecule is Cc1cccnc1C(=O)N1CCC[C@H](Cc2nccs2)C1. The molecule has 0 spiro atoms. The molecule has 0 aromatic carbocycles. The van der Waals surface area contributed by atoms with Crippen LogP contribution in [0.3, 0.4) is 0 Å². The number of nitrogens with zero attached hydrogens (tertiary/aromatic N) is 3. The first kappa shape index (κ1) is 14.2. The highest BCUT2D eigenvalue weighted by Gasteiger charge is 2.26. The lowest BCUT2D eigenvalue weighted by molar-refractivity contribution is 0.0666. The van der Waals surface area contributed by atoms with E-state index in [1.165, 1.54) is 11.4 Å². The van der Waals surface area contributed by atoms with Gasteiger partial charge in [-0.15, -0.1) is 11.3 Å². The second kappa shape index (κ2) is 6.35. The number of carbonyl (C=O) groups excluding carboxylic acids is 1. The number of thiazole rings is 1. The zero-order valence-electron chi connectivity index (χ0n) is 12.2. The molecule has 5 heteroatoms. The number of hydrogen-bond donors (Lipinski definition) is 0. The van der Waals surface area contributed by atoms with E-state index in [1.807, 2.05) is 35.5 Å².